The second-order valence-corrected chi connectivity index (χ2v) is 6.66. The molecule has 19 heavy (non-hydrogen) atoms. The number of carbonyl (C=O) groups is 1. The molecule has 1 aromatic rings. The lowest BCUT2D eigenvalue weighted by atomic mass is 10.3. The molecule has 104 valence electrons. The minimum absolute atomic E-state index is 0.180. The second kappa shape index (κ2) is 7.55. The lowest BCUT2D eigenvalue weighted by molar-refractivity contribution is 0.252. The normalized spacial score (nSPS) is 18.7. The number of carbonyl (C=O) groups excluding carboxylic acids is 1. The third-order valence-electron chi connectivity index (χ3n) is 2.73. The number of rotatable bonds is 4. The average molecular weight is 298 g/mol. The smallest absolute Gasteiger partial charge is 0.319 e. The highest BCUT2D eigenvalue weighted by Gasteiger charge is 2.15. The summed E-state index contributed by atoms with van der Waals surface area (Å²) in [6.07, 6.45) is 0. The van der Waals surface area contributed by atoms with Crippen molar-refractivity contribution in [3.63, 3.8) is 0 Å². The highest BCUT2D eigenvalue weighted by Crippen LogP contribution is 2.24. The Labute approximate surface area is 122 Å². The van der Waals surface area contributed by atoms with E-state index in [1.54, 1.807) is 7.11 Å². The Bertz CT molecular complexity index is 423. The van der Waals surface area contributed by atoms with Crippen molar-refractivity contribution in [3.8, 4) is 5.75 Å². The molecule has 0 radical (unpaired) electrons. The van der Waals surface area contributed by atoms with E-state index < -0.39 is 0 Å². The molecule has 1 saturated heterocycles. The van der Waals surface area contributed by atoms with Gasteiger partial charge >= 0.3 is 6.03 Å². The molecule has 0 aromatic heterocycles. The van der Waals surface area contributed by atoms with Gasteiger partial charge < -0.3 is 15.4 Å². The average Bonchev–Trinajstić information content (AvgIpc) is 2.47. The molecule has 0 aliphatic carbocycles. The van der Waals surface area contributed by atoms with E-state index in [1.165, 1.54) is 11.5 Å². The van der Waals surface area contributed by atoms with Crippen LogP contribution in [0.4, 0.5) is 10.5 Å². The summed E-state index contributed by atoms with van der Waals surface area (Å²) in [5, 5.41) is 6.24. The van der Waals surface area contributed by atoms with Crippen LogP contribution in [0.25, 0.3) is 0 Å². The summed E-state index contributed by atoms with van der Waals surface area (Å²) in [6, 6.07) is 7.21. The minimum Gasteiger partial charge on any atom is -0.495 e. The van der Waals surface area contributed by atoms with E-state index >= 15 is 0 Å². The molecule has 1 unspecified atom stereocenters. The zero-order valence-electron chi connectivity index (χ0n) is 10.8. The first-order valence-corrected chi connectivity index (χ1v) is 8.37. The van der Waals surface area contributed by atoms with E-state index in [1.807, 2.05) is 47.8 Å². The summed E-state index contributed by atoms with van der Waals surface area (Å²) in [4.78, 5) is 11.8. The number of para-hydroxylation sites is 2. The molecule has 1 aromatic carbocycles. The van der Waals surface area contributed by atoms with Gasteiger partial charge in [-0.05, 0) is 12.1 Å². The zero-order chi connectivity index (χ0) is 13.5. The lowest BCUT2D eigenvalue weighted by Gasteiger charge is -2.21. The van der Waals surface area contributed by atoms with E-state index in [9.17, 15) is 4.79 Å². The molecule has 0 saturated carbocycles. The van der Waals surface area contributed by atoms with E-state index in [-0.39, 0.29) is 6.03 Å². The molecular formula is C13H18N2O2S2. The Morgan fingerprint density at radius 3 is 3.00 bits per heavy atom. The molecule has 1 heterocycles. The first-order valence-electron chi connectivity index (χ1n) is 6.17. The number of nitrogens with one attached hydrogen (secondary N) is 2. The maximum Gasteiger partial charge on any atom is 0.319 e. The number of anilines is 1. The van der Waals surface area contributed by atoms with Gasteiger partial charge in [-0.25, -0.2) is 4.79 Å². The van der Waals surface area contributed by atoms with Gasteiger partial charge in [0.2, 0.25) is 0 Å². The van der Waals surface area contributed by atoms with Crippen molar-refractivity contribution in [2.45, 2.75) is 5.25 Å². The van der Waals surface area contributed by atoms with Crippen LogP contribution in [0.5, 0.6) is 5.75 Å². The fourth-order valence-corrected chi connectivity index (χ4v) is 4.39. The second-order valence-electron chi connectivity index (χ2n) is 4.10. The quantitative estimate of drug-likeness (QED) is 0.897. The van der Waals surface area contributed by atoms with Crippen LogP contribution in [0.3, 0.4) is 0 Å². The number of urea groups is 1. The molecule has 0 bridgehead atoms. The fraction of sp³-hybridized carbons (Fsp3) is 0.462. The van der Waals surface area contributed by atoms with Crippen molar-refractivity contribution in [2.24, 2.45) is 0 Å². The molecule has 2 rings (SSSR count). The van der Waals surface area contributed by atoms with Gasteiger partial charge in [-0.2, -0.15) is 23.5 Å². The zero-order valence-corrected chi connectivity index (χ0v) is 12.5. The van der Waals surface area contributed by atoms with Crippen LogP contribution >= 0.6 is 23.5 Å². The van der Waals surface area contributed by atoms with E-state index in [0.717, 1.165) is 5.75 Å². The Morgan fingerprint density at radius 2 is 2.26 bits per heavy atom. The van der Waals surface area contributed by atoms with Crippen LogP contribution in [0.2, 0.25) is 0 Å². The summed E-state index contributed by atoms with van der Waals surface area (Å²) in [6.45, 7) is 0.707. The van der Waals surface area contributed by atoms with Gasteiger partial charge in [0.15, 0.2) is 0 Å². The number of hydrogen-bond donors (Lipinski definition) is 2. The summed E-state index contributed by atoms with van der Waals surface area (Å²) >= 11 is 3.88. The molecule has 1 fully saturated rings. The van der Waals surface area contributed by atoms with Gasteiger partial charge in [0.25, 0.3) is 0 Å². The van der Waals surface area contributed by atoms with Crippen molar-refractivity contribution in [2.75, 3.05) is 36.2 Å². The van der Waals surface area contributed by atoms with Crippen molar-refractivity contribution in [3.05, 3.63) is 24.3 Å². The van der Waals surface area contributed by atoms with Crippen molar-refractivity contribution in [1.29, 1.82) is 0 Å². The number of thioether (sulfide) groups is 2. The lowest BCUT2D eigenvalue weighted by Crippen LogP contribution is -2.36. The van der Waals surface area contributed by atoms with Crippen LogP contribution in [0, 0.1) is 0 Å². The molecule has 6 heteroatoms. The predicted molar refractivity (Wildman–Crippen MR) is 83.6 cm³/mol. The van der Waals surface area contributed by atoms with Gasteiger partial charge in [-0.3, -0.25) is 0 Å². The Kier molecular flexibility index (Phi) is 5.72. The number of methoxy groups -OCH3 is 1. The Hall–Kier alpha value is -1.01. The molecule has 4 nitrogen and oxygen atoms in total. The summed E-state index contributed by atoms with van der Waals surface area (Å²) in [7, 11) is 1.59. The predicted octanol–water partition coefficient (Wildman–Crippen LogP) is 2.67. The molecule has 1 aliphatic rings. The number of hydrogen-bond acceptors (Lipinski definition) is 4. The molecule has 2 N–H and O–H groups in total. The molecule has 0 spiro atoms. The van der Waals surface area contributed by atoms with Crippen LogP contribution in [-0.4, -0.2) is 42.2 Å². The van der Waals surface area contributed by atoms with Crippen LogP contribution in [0.1, 0.15) is 0 Å². The van der Waals surface area contributed by atoms with E-state index in [0.29, 0.717) is 23.2 Å². The van der Waals surface area contributed by atoms with Crippen LogP contribution in [-0.2, 0) is 0 Å². The van der Waals surface area contributed by atoms with Gasteiger partial charge in [0.05, 0.1) is 12.8 Å². The standard InChI is InChI=1S/C13H18N2O2S2/c1-17-12-5-3-2-4-11(12)15-13(16)14-8-10-9-18-6-7-19-10/h2-5,10H,6-9H2,1H3,(H2,14,15,16). The molecule has 1 aliphatic heterocycles. The third-order valence-corrected chi connectivity index (χ3v) is 5.58. The first-order chi connectivity index (χ1) is 9.29. The minimum atomic E-state index is -0.180. The molecule has 1 atom stereocenters. The highest BCUT2D eigenvalue weighted by atomic mass is 32.2. The maximum absolute atomic E-state index is 11.8. The molecular weight excluding hydrogens is 280 g/mol. The van der Waals surface area contributed by atoms with E-state index in [2.05, 4.69) is 10.6 Å². The highest BCUT2D eigenvalue weighted by molar-refractivity contribution is 8.06. The fourth-order valence-electron chi connectivity index (χ4n) is 1.78. The largest absolute Gasteiger partial charge is 0.495 e. The molecule has 2 amide bonds. The number of ether oxygens (including phenoxy) is 1. The number of amides is 2. The summed E-state index contributed by atoms with van der Waals surface area (Å²) in [5.41, 5.74) is 0.688. The summed E-state index contributed by atoms with van der Waals surface area (Å²) < 4.78 is 5.19. The van der Waals surface area contributed by atoms with Crippen molar-refractivity contribution in [1.82, 2.24) is 5.32 Å². The van der Waals surface area contributed by atoms with Crippen LogP contribution < -0.4 is 15.4 Å². The van der Waals surface area contributed by atoms with Crippen molar-refractivity contribution < 1.29 is 9.53 Å². The third kappa shape index (κ3) is 4.54. The van der Waals surface area contributed by atoms with Gasteiger partial charge in [0, 0.05) is 29.1 Å². The monoisotopic (exact) mass is 298 g/mol. The van der Waals surface area contributed by atoms with Crippen molar-refractivity contribution >= 4 is 35.2 Å². The SMILES string of the molecule is COc1ccccc1NC(=O)NCC1CSCCS1. The Morgan fingerprint density at radius 1 is 1.42 bits per heavy atom. The van der Waals surface area contributed by atoms with Gasteiger partial charge in [-0.15, -0.1) is 0 Å². The summed E-state index contributed by atoms with van der Waals surface area (Å²) in [5.74, 6) is 4.17. The van der Waals surface area contributed by atoms with Gasteiger partial charge in [0.1, 0.15) is 5.75 Å². The van der Waals surface area contributed by atoms with E-state index in [4.69, 9.17) is 4.74 Å². The van der Waals surface area contributed by atoms with Gasteiger partial charge in [-0.1, -0.05) is 12.1 Å². The van der Waals surface area contributed by atoms with Crippen LogP contribution in [0.15, 0.2) is 24.3 Å². The topological polar surface area (TPSA) is 50.4 Å². The number of benzene rings is 1. The maximum atomic E-state index is 11.8. The Balaban J connectivity index is 1.80. The first kappa shape index (κ1) is 14.4.